The van der Waals surface area contributed by atoms with E-state index in [-0.39, 0.29) is 22.4 Å². The van der Waals surface area contributed by atoms with Crippen molar-refractivity contribution in [1.82, 2.24) is 0 Å². The van der Waals surface area contributed by atoms with Crippen molar-refractivity contribution in [2.75, 3.05) is 13.2 Å². The maximum Gasteiger partial charge on any atom is 0.241 e. The molecule has 5 heteroatoms. The topological polar surface area (TPSA) is 40.2 Å². The van der Waals surface area contributed by atoms with Gasteiger partial charge in [-0.15, -0.1) is 0 Å². The van der Waals surface area contributed by atoms with Gasteiger partial charge < -0.3 is 18.6 Å². The highest BCUT2D eigenvalue weighted by Gasteiger charge is 2.79. The number of ether oxygens (including phenoxy) is 3. The zero-order chi connectivity index (χ0) is 19.4. The van der Waals surface area contributed by atoms with Crippen LogP contribution in [-0.2, 0) is 18.6 Å². The minimum atomic E-state index is -1.58. The maximum atomic E-state index is 6.69. The summed E-state index contributed by atoms with van der Waals surface area (Å²) in [5, 5.41) is 0. The van der Waals surface area contributed by atoms with E-state index >= 15 is 0 Å². The molecule has 0 radical (unpaired) electrons. The number of fused-ring (bicyclic) bond motifs is 3. The van der Waals surface area contributed by atoms with Crippen LogP contribution in [0.2, 0.25) is 19.6 Å². The molecule has 0 aromatic carbocycles. The molecule has 0 amide bonds. The summed E-state index contributed by atoms with van der Waals surface area (Å²) in [5.41, 5.74) is 1.76. The molecule has 28 heavy (non-hydrogen) atoms. The van der Waals surface area contributed by atoms with Gasteiger partial charge in [-0.25, -0.2) is 0 Å². The molecule has 0 aromatic heterocycles. The predicted octanol–water partition coefficient (Wildman–Crippen LogP) is 4.92. The minimum Gasteiger partial charge on any atom is -0.547 e. The van der Waals surface area contributed by atoms with Crippen LogP contribution in [0, 0.1) is 17.3 Å². The fourth-order valence-electron chi connectivity index (χ4n) is 7.36. The molecule has 154 valence electrons. The SMILES string of the molecule is C[C@]12CC=C3C(CC[C@]45CC6(CC[C@]34O5)OCCO6)C1CC=C2O[Si](C)(C)C. The lowest BCUT2D eigenvalue weighted by molar-refractivity contribution is -0.185. The Bertz CT molecular complexity index is 776. The second kappa shape index (κ2) is 5.34. The standard InChI is InChI=1S/C23H34O4Si/c1-20-9-8-18-16(17(20)5-6-19(20)26-28(2,3)4)7-10-21-15-22(24-13-14-25-22)11-12-23(18,21)27-21/h6,8,16-17H,5,7,9-15H2,1-4H3/t16?,17?,20-,21-,23-/m0/s1. The summed E-state index contributed by atoms with van der Waals surface area (Å²) >= 11 is 0. The summed E-state index contributed by atoms with van der Waals surface area (Å²) in [6.07, 6.45) is 12.6. The maximum absolute atomic E-state index is 6.69. The summed E-state index contributed by atoms with van der Waals surface area (Å²) in [6, 6.07) is 0. The Morgan fingerprint density at radius 3 is 2.61 bits per heavy atom. The molecule has 6 rings (SSSR count). The lowest BCUT2D eigenvalue weighted by atomic mass is 9.54. The highest BCUT2D eigenvalue weighted by atomic mass is 28.4. The van der Waals surface area contributed by atoms with Crippen molar-refractivity contribution in [1.29, 1.82) is 0 Å². The number of rotatable bonds is 2. The first-order valence-corrected chi connectivity index (χ1v) is 14.7. The van der Waals surface area contributed by atoms with E-state index in [1.165, 1.54) is 12.2 Å². The monoisotopic (exact) mass is 402 g/mol. The predicted molar refractivity (Wildman–Crippen MR) is 109 cm³/mol. The van der Waals surface area contributed by atoms with E-state index in [4.69, 9.17) is 18.6 Å². The van der Waals surface area contributed by atoms with Gasteiger partial charge in [0, 0.05) is 18.3 Å². The van der Waals surface area contributed by atoms with Gasteiger partial charge >= 0.3 is 0 Å². The molecule has 4 aliphatic carbocycles. The van der Waals surface area contributed by atoms with Gasteiger partial charge in [-0.05, 0) is 75.2 Å². The van der Waals surface area contributed by atoms with E-state index in [0.29, 0.717) is 11.8 Å². The fraction of sp³-hybridized carbons (Fsp3) is 0.826. The van der Waals surface area contributed by atoms with Crippen LogP contribution in [0.5, 0.6) is 0 Å². The van der Waals surface area contributed by atoms with E-state index in [1.54, 1.807) is 5.57 Å². The molecule has 4 nitrogen and oxygen atoms in total. The molecule has 2 saturated carbocycles. The molecule has 0 bridgehead atoms. The van der Waals surface area contributed by atoms with E-state index in [2.05, 4.69) is 38.7 Å². The van der Waals surface area contributed by atoms with Crippen LogP contribution in [0.4, 0.5) is 0 Å². The summed E-state index contributed by atoms with van der Waals surface area (Å²) in [6.45, 7) is 10.8. The van der Waals surface area contributed by atoms with Crippen LogP contribution in [0.25, 0.3) is 0 Å². The first-order chi connectivity index (χ1) is 13.2. The Morgan fingerprint density at radius 1 is 1.07 bits per heavy atom. The third kappa shape index (κ3) is 2.22. The third-order valence-corrected chi connectivity index (χ3v) is 9.43. The Morgan fingerprint density at radius 2 is 1.86 bits per heavy atom. The molecule has 2 saturated heterocycles. The Labute approximate surface area is 169 Å². The number of hydrogen-bond acceptors (Lipinski definition) is 4. The number of allylic oxidation sites excluding steroid dienone is 3. The second-order valence-corrected chi connectivity index (χ2v) is 15.7. The third-order valence-electron chi connectivity index (χ3n) is 8.60. The van der Waals surface area contributed by atoms with Crippen molar-refractivity contribution in [2.45, 2.75) is 88.5 Å². The lowest BCUT2D eigenvalue weighted by Gasteiger charge is -2.50. The van der Waals surface area contributed by atoms with Crippen molar-refractivity contribution in [3.63, 3.8) is 0 Å². The average Bonchev–Trinajstić information content (AvgIpc) is 2.91. The van der Waals surface area contributed by atoms with Crippen molar-refractivity contribution >= 4 is 8.32 Å². The molecule has 2 unspecified atom stereocenters. The van der Waals surface area contributed by atoms with Crippen LogP contribution in [-0.4, -0.2) is 38.5 Å². The molecule has 2 aliphatic heterocycles. The van der Waals surface area contributed by atoms with Crippen LogP contribution in [0.15, 0.2) is 23.5 Å². The van der Waals surface area contributed by atoms with Crippen molar-refractivity contribution in [3.8, 4) is 0 Å². The fourth-order valence-corrected chi connectivity index (χ4v) is 8.34. The van der Waals surface area contributed by atoms with Crippen molar-refractivity contribution in [2.24, 2.45) is 17.3 Å². The van der Waals surface area contributed by atoms with Gasteiger partial charge in [-0.3, -0.25) is 0 Å². The van der Waals surface area contributed by atoms with Gasteiger partial charge in [0.2, 0.25) is 8.32 Å². The molecular formula is C23H34O4Si. The van der Waals surface area contributed by atoms with Gasteiger partial charge in [0.05, 0.1) is 19.0 Å². The van der Waals surface area contributed by atoms with E-state index in [0.717, 1.165) is 51.7 Å². The summed E-state index contributed by atoms with van der Waals surface area (Å²) < 4.78 is 25.4. The van der Waals surface area contributed by atoms with Crippen molar-refractivity contribution < 1.29 is 18.6 Å². The molecule has 4 fully saturated rings. The summed E-state index contributed by atoms with van der Waals surface area (Å²) in [7, 11) is -1.58. The smallest absolute Gasteiger partial charge is 0.241 e. The Hall–Kier alpha value is -0.623. The number of hydrogen-bond donors (Lipinski definition) is 0. The molecule has 1 spiro atoms. The minimum absolute atomic E-state index is 0.0137. The zero-order valence-electron chi connectivity index (χ0n) is 17.8. The lowest BCUT2D eigenvalue weighted by Crippen LogP contribution is -2.51. The van der Waals surface area contributed by atoms with E-state index < -0.39 is 8.32 Å². The Balaban J connectivity index is 1.29. The van der Waals surface area contributed by atoms with Gasteiger partial charge in [0.25, 0.3) is 0 Å². The first kappa shape index (κ1) is 18.2. The zero-order valence-corrected chi connectivity index (χ0v) is 18.8. The van der Waals surface area contributed by atoms with E-state index in [9.17, 15) is 0 Å². The molecule has 0 N–H and O–H groups in total. The second-order valence-electron chi connectivity index (χ2n) is 11.3. The quantitative estimate of drug-likeness (QED) is 0.373. The summed E-state index contributed by atoms with van der Waals surface area (Å²) in [4.78, 5) is 0. The largest absolute Gasteiger partial charge is 0.547 e. The van der Waals surface area contributed by atoms with Crippen LogP contribution < -0.4 is 0 Å². The molecular weight excluding hydrogens is 368 g/mol. The highest BCUT2D eigenvalue weighted by Crippen LogP contribution is 2.73. The van der Waals surface area contributed by atoms with Gasteiger partial charge in [0.1, 0.15) is 11.2 Å². The molecule has 6 aliphatic rings. The van der Waals surface area contributed by atoms with Gasteiger partial charge in [-0.2, -0.15) is 0 Å². The Kier molecular flexibility index (Phi) is 3.47. The van der Waals surface area contributed by atoms with Gasteiger partial charge in [-0.1, -0.05) is 13.0 Å². The van der Waals surface area contributed by atoms with Crippen molar-refractivity contribution in [3.05, 3.63) is 23.5 Å². The number of epoxide rings is 1. The normalized spacial score (nSPS) is 48.1. The van der Waals surface area contributed by atoms with Crippen LogP contribution >= 0.6 is 0 Å². The van der Waals surface area contributed by atoms with Gasteiger partial charge in [0.15, 0.2) is 5.79 Å². The molecule has 5 atom stereocenters. The van der Waals surface area contributed by atoms with Crippen LogP contribution in [0.1, 0.15) is 51.9 Å². The first-order valence-electron chi connectivity index (χ1n) is 11.3. The summed E-state index contributed by atoms with van der Waals surface area (Å²) in [5.74, 6) is 2.25. The highest BCUT2D eigenvalue weighted by molar-refractivity contribution is 6.70. The van der Waals surface area contributed by atoms with E-state index in [1.807, 2.05) is 0 Å². The molecule has 0 aromatic rings. The molecule has 2 heterocycles. The van der Waals surface area contributed by atoms with Crippen LogP contribution in [0.3, 0.4) is 0 Å². The average molecular weight is 403 g/mol.